The van der Waals surface area contributed by atoms with Gasteiger partial charge >= 0.3 is 6.09 Å². The van der Waals surface area contributed by atoms with Gasteiger partial charge in [0.2, 0.25) is 5.91 Å². The van der Waals surface area contributed by atoms with Crippen LogP contribution < -0.4 is 5.32 Å². The first-order valence-corrected chi connectivity index (χ1v) is 11.2. The summed E-state index contributed by atoms with van der Waals surface area (Å²) in [6.07, 6.45) is 0.805. The highest BCUT2D eigenvalue weighted by molar-refractivity contribution is 6.30. The summed E-state index contributed by atoms with van der Waals surface area (Å²) in [6, 6.07) is 15.0. The molecule has 0 radical (unpaired) electrons. The van der Waals surface area contributed by atoms with E-state index < -0.39 is 17.1 Å². The van der Waals surface area contributed by atoms with E-state index in [1.54, 1.807) is 7.05 Å². The fraction of sp³-hybridized carbons (Fsp3) is 0.440. The molecule has 0 saturated carbocycles. The van der Waals surface area contributed by atoms with Crippen LogP contribution >= 0.6 is 11.6 Å². The van der Waals surface area contributed by atoms with Crippen LogP contribution in [0.2, 0.25) is 5.02 Å². The lowest BCUT2D eigenvalue weighted by atomic mass is 9.73. The molecule has 0 spiro atoms. The Labute approximate surface area is 194 Å². The number of rotatable bonds is 5. The van der Waals surface area contributed by atoms with Gasteiger partial charge in [0.1, 0.15) is 5.60 Å². The molecule has 6 nitrogen and oxygen atoms in total. The Morgan fingerprint density at radius 1 is 1.12 bits per heavy atom. The second-order valence-corrected chi connectivity index (χ2v) is 9.63. The highest BCUT2D eigenvalue weighted by Crippen LogP contribution is 2.36. The lowest BCUT2D eigenvalue weighted by Gasteiger charge is -2.36. The summed E-state index contributed by atoms with van der Waals surface area (Å²) in [5.74, 6) is -0.0687. The van der Waals surface area contributed by atoms with Gasteiger partial charge in [0, 0.05) is 37.5 Å². The van der Waals surface area contributed by atoms with E-state index in [1.165, 1.54) is 4.90 Å². The van der Waals surface area contributed by atoms with Crippen molar-refractivity contribution < 1.29 is 19.1 Å². The number of nitrogens with zero attached hydrogens (tertiary/aromatic N) is 1. The molecule has 1 fully saturated rings. The van der Waals surface area contributed by atoms with Crippen molar-refractivity contribution in [3.05, 3.63) is 64.7 Å². The molecule has 2 aromatic carbocycles. The van der Waals surface area contributed by atoms with Crippen LogP contribution in [0.5, 0.6) is 0 Å². The number of carbonyl (C=O) groups excluding carboxylic acids is 2. The Hall–Kier alpha value is -2.57. The van der Waals surface area contributed by atoms with Crippen LogP contribution in [0.15, 0.2) is 48.5 Å². The Bertz CT molecular complexity index is 947. The van der Waals surface area contributed by atoms with E-state index in [0.29, 0.717) is 43.3 Å². The first kappa shape index (κ1) is 24.1. The zero-order valence-corrected chi connectivity index (χ0v) is 19.9. The van der Waals surface area contributed by atoms with Crippen molar-refractivity contribution in [1.29, 1.82) is 0 Å². The molecule has 2 amide bonds. The van der Waals surface area contributed by atoms with Gasteiger partial charge in [0.05, 0.1) is 5.41 Å². The molecule has 1 N–H and O–H groups in total. The highest BCUT2D eigenvalue weighted by Gasteiger charge is 2.41. The second kappa shape index (κ2) is 9.92. The minimum atomic E-state index is -0.674. The summed E-state index contributed by atoms with van der Waals surface area (Å²) in [4.78, 5) is 27.3. The van der Waals surface area contributed by atoms with Gasteiger partial charge in [-0.1, -0.05) is 35.9 Å². The fourth-order valence-corrected chi connectivity index (χ4v) is 3.94. The van der Waals surface area contributed by atoms with E-state index in [0.717, 1.165) is 11.1 Å². The molecule has 0 aliphatic carbocycles. The summed E-state index contributed by atoms with van der Waals surface area (Å²) in [5.41, 5.74) is 1.28. The molecule has 3 rings (SSSR count). The lowest BCUT2D eigenvalue weighted by molar-refractivity contribution is -0.125. The van der Waals surface area contributed by atoms with Gasteiger partial charge in [-0.05, 0) is 69.0 Å². The van der Waals surface area contributed by atoms with Crippen molar-refractivity contribution in [2.75, 3.05) is 25.6 Å². The number of amides is 2. The molecule has 0 aromatic heterocycles. The fourth-order valence-electron chi connectivity index (χ4n) is 3.81. The molecule has 1 heterocycles. The molecule has 172 valence electrons. The highest BCUT2D eigenvalue weighted by atomic mass is 35.5. The number of carbonyl (C=O) groups is 2. The molecular weight excluding hydrogens is 428 g/mol. The summed E-state index contributed by atoms with van der Waals surface area (Å²) in [6.45, 7) is 6.92. The predicted octanol–water partition coefficient (Wildman–Crippen LogP) is 5.39. The van der Waals surface area contributed by atoms with Gasteiger partial charge in [0.25, 0.3) is 0 Å². The summed E-state index contributed by atoms with van der Waals surface area (Å²) in [7, 11) is 1.69. The molecule has 1 aliphatic rings. The largest absolute Gasteiger partial charge is 0.444 e. The normalized spacial score (nSPS) is 15.7. The third kappa shape index (κ3) is 6.02. The van der Waals surface area contributed by atoms with Crippen molar-refractivity contribution >= 4 is 29.3 Å². The van der Waals surface area contributed by atoms with Crippen LogP contribution in [0.3, 0.4) is 0 Å². The first-order chi connectivity index (χ1) is 15.1. The van der Waals surface area contributed by atoms with Gasteiger partial charge in [-0.3, -0.25) is 4.79 Å². The zero-order chi connectivity index (χ0) is 23.4. The molecule has 1 saturated heterocycles. The van der Waals surface area contributed by atoms with E-state index in [4.69, 9.17) is 21.1 Å². The van der Waals surface area contributed by atoms with E-state index in [2.05, 4.69) is 5.32 Å². The molecule has 2 aromatic rings. The summed E-state index contributed by atoms with van der Waals surface area (Å²) in [5, 5.41) is 3.72. The first-order valence-electron chi connectivity index (χ1n) is 10.8. The van der Waals surface area contributed by atoms with Crippen molar-refractivity contribution in [3.63, 3.8) is 0 Å². The van der Waals surface area contributed by atoms with Crippen molar-refractivity contribution in [2.24, 2.45) is 0 Å². The van der Waals surface area contributed by atoms with E-state index in [-0.39, 0.29) is 5.91 Å². The van der Waals surface area contributed by atoms with Crippen LogP contribution in [0.1, 0.15) is 44.7 Å². The molecule has 7 heteroatoms. The zero-order valence-electron chi connectivity index (χ0n) is 19.1. The van der Waals surface area contributed by atoms with Crippen molar-refractivity contribution in [1.82, 2.24) is 4.90 Å². The standard InChI is InChI=1S/C25H31ClN2O4/c1-24(2,3)32-23(30)28(4)17-18-6-5-7-21(16-18)27-22(29)25(12-14-31-15-13-25)19-8-10-20(26)11-9-19/h5-11,16H,12-15,17H2,1-4H3,(H,27,29). The van der Waals surface area contributed by atoms with Gasteiger partial charge < -0.3 is 19.7 Å². The monoisotopic (exact) mass is 458 g/mol. The number of anilines is 1. The lowest BCUT2D eigenvalue weighted by Crippen LogP contribution is -2.44. The van der Waals surface area contributed by atoms with Crippen LogP contribution in [0.4, 0.5) is 10.5 Å². The molecule has 32 heavy (non-hydrogen) atoms. The Morgan fingerprint density at radius 3 is 2.41 bits per heavy atom. The summed E-state index contributed by atoms with van der Waals surface area (Å²) >= 11 is 6.06. The molecule has 1 aliphatic heterocycles. The van der Waals surface area contributed by atoms with Gasteiger partial charge in [-0.2, -0.15) is 0 Å². The third-order valence-electron chi connectivity index (χ3n) is 5.49. The van der Waals surface area contributed by atoms with E-state index in [1.807, 2.05) is 69.3 Å². The van der Waals surface area contributed by atoms with Gasteiger partial charge in [-0.25, -0.2) is 4.79 Å². The number of hydrogen-bond donors (Lipinski definition) is 1. The maximum Gasteiger partial charge on any atom is 0.410 e. The molecule has 0 bridgehead atoms. The van der Waals surface area contributed by atoms with Gasteiger partial charge in [-0.15, -0.1) is 0 Å². The third-order valence-corrected chi connectivity index (χ3v) is 5.74. The van der Waals surface area contributed by atoms with Gasteiger partial charge in [0.15, 0.2) is 0 Å². The number of hydrogen-bond acceptors (Lipinski definition) is 4. The van der Waals surface area contributed by atoms with Crippen LogP contribution in [0.25, 0.3) is 0 Å². The minimum Gasteiger partial charge on any atom is -0.444 e. The van der Waals surface area contributed by atoms with Crippen LogP contribution in [-0.2, 0) is 26.2 Å². The second-order valence-electron chi connectivity index (χ2n) is 9.19. The molecular formula is C25H31ClN2O4. The van der Waals surface area contributed by atoms with E-state index in [9.17, 15) is 9.59 Å². The number of nitrogens with one attached hydrogen (secondary N) is 1. The minimum absolute atomic E-state index is 0.0687. The number of halogens is 1. The maximum absolute atomic E-state index is 13.5. The Morgan fingerprint density at radius 2 is 1.78 bits per heavy atom. The van der Waals surface area contributed by atoms with Crippen LogP contribution in [-0.4, -0.2) is 42.8 Å². The Kier molecular flexibility index (Phi) is 7.47. The number of benzene rings is 2. The number of ether oxygens (including phenoxy) is 2. The average Bonchev–Trinajstić information content (AvgIpc) is 2.73. The quantitative estimate of drug-likeness (QED) is 0.651. The maximum atomic E-state index is 13.5. The van der Waals surface area contributed by atoms with Crippen LogP contribution in [0, 0.1) is 0 Å². The van der Waals surface area contributed by atoms with Crippen molar-refractivity contribution in [3.8, 4) is 0 Å². The molecule has 0 unspecified atom stereocenters. The van der Waals surface area contributed by atoms with E-state index >= 15 is 0 Å². The Balaban J connectivity index is 1.75. The summed E-state index contributed by atoms with van der Waals surface area (Å²) < 4.78 is 10.9. The SMILES string of the molecule is CN(Cc1cccc(NC(=O)C2(c3ccc(Cl)cc3)CCOCC2)c1)C(=O)OC(C)(C)C. The topological polar surface area (TPSA) is 67.9 Å². The smallest absolute Gasteiger partial charge is 0.410 e. The average molecular weight is 459 g/mol. The van der Waals surface area contributed by atoms with Crippen molar-refractivity contribution in [2.45, 2.75) is 51.2 Å². The predicted molar refractivity (Wildman–Crippen MR) is 126 cm³/mol. The molecule has 0 atom stereocenters.